The van der Waals surface area contributed by atoms with Crippen molar-refractivity contribution in [3.8, 4) is 0 Å². The van der Waals surface area contributed by atoms with Crippen molar-refractivity contribution >= 4 is 5.57 Å². The van der Waals surface area contributed by atoms with Gasteiger partial charge in [-0.2, -0.15) is 0 Å². The number of benzene rings is 2. The molecule has 220 valence electrons. The van der Waals surface area contributed by atoms with Crippen LogP contribution in [0.4, 0.5) is 0 Å². The van der Waals surface area contributed by atoms with Crippen LogP contribution in [0.25, 0.3) is 5.57 Å². The van der Waals surface area contributed by atoms with Crippen molar-refractivity contribution < 1.29 is 0 Å². The second-order valence-corrected chi connectivity index (χ2v) is 13.0. The molecule has 2 aliphatic heterocycles. The zero-order valence-corrected chi connectivity index (χ0v) is 26.2. The number of piperidine rings is 1. The molecule has 3 fully saturated rings. The van der Waals surface area contributed by atoms with Gasteiger partial charge >= 0.3 is 0 Å². The zero-order chi connectivity index (χ0) is 28.6. The largest absolute Gasteiger partial charge is 0.303 e. The molecular formula is C39H54N2. The molecule has 0 N–H and O–H groups in total. The molecule has 6 rings (SSSR count). The highest BCUT2D eigenvalue weighted by Gasteiger charge is 2.41. The summed E-state index contributed by atoms with van der Waals surface area (Å²) in [5.41, 5.74) is 8.88. The van der Waals surface area contributed by atoms with Crippen molar-refractivity contribution in [2.45, 2.75) is 84.1 Å². The van der Waals surface area contributed by atoms with Crippen LogP contribution in [-0.4, -0.2) is 49.1 Å². The summed E-state index contributed by atoms with van der Waals surface area (Å²) in [4.78, 5) is 5.28. The minimum absolute atomic E-state index is 0.794. The number of hydrogen-bond donors (Lipinski definition) is 0. The molecule has 0 radical (unpaired) electrons. The van der Waals surface area contributed by atoms with E-state index < -0.39 is 0 Å². The topological polar surface area (TPSA) is 6.48 Å². The molecule has 2 heterocycles. The Labute approximate surface area is 251 Å². The predicted molar refractivity (Wildman–Crippen MR) is 177 cm³/mol. The first-order valence-corrected chi connectivity index (χ1v) is 16.8. The van der Waals surface area contributed by atoms with E-state index in [1.165, 1.54) is 105 Å². The Hall–Kier alpha value is -2.42. The first kappa shape index (κ1) is 30.1. The molecule has 3 unspecified atom stereocenters. The third kappa shape index (κ3) is 8.33. The standard InChI is InChI=1S/C37H48N2.C2H6/c1-28(9-6-14-36-15-8-18-38(36)2)33-13-7-12-31(23-33)21-30-16-19-39(20-17-30)27-35-25-32(24-34-26-37(34)35)22-29-10-4-3-5-11-29;1-2/h3-5,7,10-13,23-25,30,34,36-37H,1,6,8-9,14-22,26-27H2,2H3;1-2H3. The normalized spacial score (nSPS) is 24.6. The Morgan fingerprint density at radius 2 is 1.71 bits per heavy atom. The van der Waals surface area contributed by atoms with Crippen molar-refractivity contribution in [3.63, 3.8) is 0 Å². The molecule has 0 amide bonds. The molecule has 1 saturated carbocycles. The lowest BCUT2D eigenvalue weighted by Crippen LogP contribution is -2.36. The smallest absolute Gasteiger partial charge is 0.0199 e. The van der Waals surface area contributed by atoms with Gasteiger partial charge in [-0.3, -0.25) is 4.90 Å². The van der Waals surface area contributed by atoms with E-state index in [2.05, 4.69) is 90.2 Å². The van der Waals surface area contributed by atoms with E-state index >= 15 is 0 Å². The van der Waals surface area contributed by atoms with E-state index in [4.69, 9.17) is 0 Å². The number of likely N-dealkylation sites (tertiary alicyclic amines) is 2. The summed E-state index contributed by atoms with van der Waals surface area (Å²) in [6.45, 7) is 13.4. The van der Waals surface area contributed by atoms with Gasteiger partial charge in [-0.15, -0.1) is 0 Å². The van der Waals surface area contributed by atoms with E-state index in [1.54, 1.807) is 5.57 Å². The van der Waals surface area contributed by atoms with E-state index in [0.717, 1.165) is 36.6 Å². The van der Waals surface area contributed by atoms with E-state index in [9.17, 15) is 0 Å². The molecule has 2 aromatic carbocycles. The third-order valence-electron chi connectivity index (χ3n) is 10.0. The maximum absolute atomic E-state index is 4.47. The number of allylic oxidation sites excluding steroid dienone is 4. The quantitative estimate of drug-likeness (QED) is 0.275. The fourth-order valence-corrected chi connectivity index (χ4v) is 7.50. The Kier molecular flexibility index (Phi) is 10.7. The molecule has 2 aliphatic carbocycles. The van der Waals surface area contributed by atoms with Gasteiger partial charge in [-0.25, -0.2) is 0 Å². The maximum atomic E-state index is 4.47. The van der Waals surface area contributed by atoms with Crippen LogP contribution in [0.15, 0.2) is 84.5 Å². The second kappa shape index (κ2) is 14.7. The van der Waals surface area contributed by atoms with E-state index in [-0.39, 0.29) is 0 Å². The molecule has 2 aromatic rings. The first-order chi connectivity index (χ1) is 20.1. The highest BCUT2D eigenvalue weighted by molar-refractivity contribution is 5.63. The van der Waals surface area contributed by atoms with Gasteiger partial charge in [0.2, 0.25) is 0 Å². The number of fused-ring (bicyclic) bond motifs is 1. The lowest BCUT2D eigenvalue weighted by Gasteiger charge is -2.33. The lowest BCUT2D eigenvalue weighted by molar-refractivity contribution is 0.194. The number of rotatable bonds is 11. The molecular weight excluding hydrogens is 496 g/mol. The van der Waals surface area contributed by atoms with Gasteiger partial charge in [-0.05, 0) is 136 Å². The molecule has 41 heavy (non-hydrogen) atoms. The van der Waals surface area contributed by atoms with Crippen molar-refractivity contribution in [2.24, 2.45) is 17.8 Å². The van der Waals surface area contributed by atoms with E-state index in [0.29, 0.717) is 0 Å². The summed E-state index contributed by atoms with van der Waals surface area (Å²) < 4.78 is 0. The first-order valence-electron chi connectivity index (χ1n) is 16.8. The minimum Gasteiger partial charge on any atom is -0.303 e. The predicted octanol–water partition coefficient (Wildman–Crippen LogP) is 8.99. The minimum atomic E-state index is 0.794. The fraction of sp³-hybridized carbons (Fsp3) is 0.538. The van der Waals surface area contributed by atoms with Gasteiger partial charge in [-0.1, -0.05) is 92.7 Å². The zero-order valence-electron chi connectivity index (χ0n) is 26.2. The van der Waals surface area contributed by atoms with Crippen molar-refractivity contribution in [2.75, 3.05) is 33.2 Å². The maximum Gasteiger partial charge on any atom is 0.0199 e. The van der Waals surface area contributed by atoms with Gasteiger partial charge < -0.3 is 4.90 Å². The summed E-state index contributed by atoms with van der Waals surface area (Å²) in [6.07, 6.45) is 17.9. The van der Waals surface area contributed by atoms with E-state index in [1.807, 2.05) is 13.8 Å². The van der Waals surface area contributed by atoms with Crippen LogP contribution < -0.4 is 0 Å². The molecule has 2 saturated heterocycles. The Morgan fingerprint density at radius 3 is 2.46 bits per heavy atom. The highest BCUT2D eigenvalue weighted by atomic mass is 15.1. The average molecular weight is 551 g/mol. The van der Waals surface area contributed by atoms with Crippen LogP contribution in [0.1, 0.15) is 81.9 Å². The Balaban J connectivity index is 0.00000165. The second-order valence-electron chi connectivity index (χ2n) is 13.0. The monoisotopic (exact) mass is 550 g/mol. The molecule has 4 aliphatic rings. The van der Waals surface area contributed by atoms with Crippen molar-refractivity contribution in [3.05, 3.63) is 101 Å². The summed E-state index contributed by atoms with van der Waals surface area (Å²) in [5, 5.41) is 0. The van der Waals surface area contributed by atoms with Gasteiger partial charge in [0.15, 0.2) is 0 Å². The van der Waals surface area contributed by atoms with Crippen molar-refractivity contribution in [1.82, 2.24) is 9.80 Å². The summed E-state index contributed by atoms with van der Waals surface area (Å²) >= 11 is 0. The average Bonchev–Trinajstić information content (AvgIpc) is 3.68. The Bertz CT molecular complexity index is 1180. The van der Waals surface area contributed by atoms with Gasteiger partial charge in [0, 0.05) is 12.6 Å². The molecule has 2 heteroatoms. The van der Waals surface area contributed by atoms with Crippen LogP contribution in [0.5, 0.6) is 0 Å². The molecule has 0 spiro atoms. The molecule has 0 bridgehead atoms. The van der Waals surface area contributed by atoms with Gasteiger partial charge in [0.25, 0.3) is 0 Å². The van der Waals surface area contributed by atoms with Crippen LogP contribution >= 0.6 is 0 Å². The molecule has 3 atom stereocenters. The number of hydrogen-bond acceptors (Lipinski definition) is 2. The van der Waals surface area contributed by atoms with Crippen LogP contribution in [-0.2, 0) is 12.8 Å². The van der Waals surface area contributed by atoms with Crippen molar-refractivity contribution in [1.29, 1.82) is 0 Å². The van der Waals surface area contributed by atoms with Crippen LogP contribution in [0.3, 0.4) is 0 Å². The van der Waals surface area contributed by atoms with Crippen LogP contribution in [0, 0.1) is 17.8 Å². The third-order valence-corrected chi connectivity index (χ3v) is 10.0. The summed E-state index contributed by atoms with van der Waals surface area (Å²) in [7, 11) is 2.29. The SMILES string of the molecule is C=C(CCCC1CCCN1C)c1cccc(CC2CCN(CC3=CC(Cc4ccccc4)=CC4CC34)CC2)c1.CC. The summed E-state index contributed by atoms with van der Waals surface area (Å²) in [6, 6.07) is 21.1. The highest BCUT2D eigenvalue weighted by Crippen LogP contribution is 2.49. The number of nitrogens with zero attached hydrogens (tertiary/aromatic N) is 2. The molecule has 2 nitrogen and oxygen atoms in total. The van der Waals surface area contributed by atoms with Crippen LogP contribution in [0.2, 0.25) is 0 Å². The lowest BCUT2D eigenvalue weighted by atomic mass is 9.88. The molecule has 0 aromatic heterocycles. The van der Waals surface area contributed by atoms with Gasteiger partial charge in [0.1, 0.15) is 0 Å². The fourth-order valence-electron chi connectivity index (χ4n) is 7.50. The Morgan fingerprint density at radius 1 is 0.927 bits per heavy atom. The summed E-state index contributed by atoms with van der Waals surface area (Å²) in [5.74, 6) is 2.45. The van der Waals surface area contributed by atoms with Gasteiger partial charge in [0.05, 0.1) is 0 Å².